The van der Waals surface area contributed by atoms with Gasteiger partial charge in [0.2, 0.25) is 0 Å². The first kappa shape index (κ1) is 24.5. The third-order valence-electron chi connectivity index (χ3n) is 6.59. The minimum absolute atomic E-state index is 0.212. The average Bonchev–Trinajstić information content (AvgIpc) is 3.19. The van der Waals surface area contributed by atoms with Crippen LogP contribution < -0.4 is 20.4 Å². The van der Waals surface area contributed by atoms with Gasteiger partial charge >= 0.3 is 12.1 Å². The van der Waals surface area contributed by atoms with E-state index in [0.717, 1.165) is 42.0 Å². The third-order valence-corrected chi connectivity index (χ3v) is 6.59. The Morgan fingerprint density at radius 3 is 2.65 bits per heavy atom. The van der Waals surface area contributed by atoms with Gasteiger partial charge in [-0.2, -0.15) is 0 Å². The fourth-order valence-corrected chi connectivity index (χ4v) is 4.89. The van der Waals surface area contributed by atoms with Crippen molar-refractivity contribution in [3.8, 4) is 11.3 Å². The number of aromatic nitrogens is 2. The maximum Gasteiger partial charge on any atom is 0.407 e. The van der Waals surface area contributed by atoms with E-state index in [1.807, 2.05) is 62.1 Å². The van der Waals surface area contributed by atoms with Gasteiger partial charge in [-0.25, -0.2) is 14.6 Å². The molecule has 192 valence electrons. The van der Waals surface area contributed by atoms with Crippen molar-refractivity contribution in [1.82, 2.24) is 15.3 Å². The molecule has 9 nitrogen and oxygen atoms in total. The zero-order valence-corrected chi connectivity index (χ0v) is 21.6. The lowest BCUT2D eigenvalue weighted by Crippen LogP contribution is -2.56. The summed E-state index contributed by atoms with van der Waals surface area (Å²) in [6.45, 7) is 9.57. The number of amides is 3. The fraction of sp³-hybridized carbons (Fsp3) is 0.357. The summed E-state index contributed by atoms with van der Waals surface area (Å²) in [5, 5.41) is 5.81. The number of carbonyl (C=O) groups excluding carboxylic acids is 2. The van der Waals surface area contributed by atoms with Crippen LogP contribution in [0.15, 0.2) is 60.9 Å². The molecule has 2 N–H and O–H groups in total. The average molecular weight is 501 g/mol. The molecule has 1 aromatic carbocycles. The van der Waals surface area contributed by atoms with Crippen molar-refractivity contribution < 1.29 is 14.3 Å². The Bertz CT molecular complexity index is 1320. The number of nitrogens with one attached hydrogen (secondary N) is 2. The standard InChI is InChI=1S/C28H32N6O3/c1-27(2,3)37-26(36)30-17-19-6-5-7-20(16-19)22-8-9-23-24(32-22)34(28(4)12-15-33(23)18-28)25(35)31-21-10-13-29-14-11-21/h5-11,13-14,16H,12,15,17-18H2,1-4H3,(H,30,36)(H,29,31,35)/t28-/m0/s1. The molecule has 0 unspecified atom stereocenters. The van der Waals surface area contributed by atoms with Crippen LogP contribution in [-0.2, 0) is 11.3 Å². The zero-order chi connectivity index (χ0) is 26.2. The normalized spacial score (nSPS) is 18.3. The van der Waals surface area contributed by atoms with Crippen LogP contribution >= 0.6 is 0 Å². The molecule has 2 bridgehead atoms. The molecule has 1 atom stereocenters. The van der Waals surface area contributed by atoms with Gasteiger partial charge in [0.1, 0.15) is 5.60 Å². The molecule has 1 fully saturated rings. The number of benzene rings is 1. The Kier molecular flexibility index (Phi) is 6.23. The van der Waals surface area contributed by atoms with Crippen molar-refractivity contribution in [2.24, 2.45) is 0 Å². The minimum Gasteiger partial charge on any atom is -0.444 e. The highest BCUT2D eigenvalue weighted by atomic mass is 16.6. The van der Waals surface area contributed by atoms with Crippen LogP contribution in [0.4, 0.5) is 26.8 Å². The summed E-state index contributed by atoms with van der Waals surface area (Å²) in [6.07, 6.45) is 3.70. The van der Waals surface area contributed by atoms with E-state index >= 15 is 0 Å². The summed E-state index contributed by atoms with van der Waals surface area (Å²) >= 11 is 0. The van der Waals surface area contributed by atoms with Crippen LogP contribution in [0.5, 0.6) is 0 Å². The van der Waals surface area contributed by atoms with Gasteiger partial charge in [0.25, 0.3) is 0 Å². The second-order valence-corrected chi connectivity index (χ2v) is 10.8. The summed E-state index contributed by atoms with van der Waals surface area (Å²) in [7, 11) is 0. The molecule has 0 saturated carbocycles. The largest absolute Gasteiger partial charge is 0.444 e. The number of urea groups is 1. The van der Waals surface area contributed by atoms with E-state index in [-0.39, 0.29) is 11.6 Å². The van der Waals surface area contributed by atoms with Crippen molar-refractivity contribution in [3.05, 3.63) is 66.5 Å². The van der Waals surface area contributed by atoms with Crippen molar-refractivity contribution in [3.63, 3.8) is 0 Å². The third kappa shape index (κ3) is 5.21. The number of rotatable bonds is 4. The summed E-state index contributed by atoms with van der Waals surface area (Å²) < 4.78 is 5.33. The number of carbonyl (C=O) groups is 2. The molecule has 4 heterocycles. The smallest absolute Gasteiger partial charge is 0.407 e. The molecule has 2 aromatic heterocycles. The van der Waals surface area contributed by atoms with E-state index in [4.69, 9.17) is 9.72 Å². The Labute approximate surface area is 216 Å². The number of hydrogen-bond donors (Lipinski definition) is 2. The highest BCUT2D eigenvalue weighted by Gasteiger charge is 2.48. The summed E-state index contributed by atoms with van der Waals surface area (Å²) in [5.74, 6) is 0.646. The van der Waals surface area contributed by atoms with Crippen molar-refractivity contribution in [2.45, 2.75) is 51.8 Å². The van der Waals surface area contributed by atoms with Crippen molar-refractivity contribution in [1.29, 1.82) is 0 Å². The number of hydrogen-bond acceptors (Lipinski definition) is 6. The summed E-state index contributed by atoms with van der Waals surface area (Å²) in [4.78, 5) is 38.8. The van der Waals surface area contributed by atoms with Gasteiger partial charge in [-0.3, -0.25) is 9.88 Å². The Morgan fingerprint density at radius 2 is 1.89 bits per heavy atom. The molecule has 9 heteroatoms. The van der Waals surface area contributed by atoms with E-state index in [2.05, 4.69) is 27.4 Å². The molecule has 1 saturated heterocycles. The molecular formula is C28H32N6O3. The SMILES string of the molecule is CC(C)(C)OC(=O)NCc1cccc(-c2ccc3c(n2)N(C(=O)Nc2ccncc2)[C@@]2(C)CCN3C2)c1. The molecule has 5 rings (SSSR count). The van der Waals surface area contributed by atoms with Gasteiger partial charge < -0.3 is 20.3 Å². The number of anilines is 3. The predicted molar refractivity (Wildman–Crippen MR) is 144 cm³/mol. The van der Waals surface area contributed by atoms with Crippen LogP contribution in [0.1, 0.15) is 39.7 Å². The van der Waals surface area contributed by atoms with Gasteiger partial charge in [0, 0.05) is 43.3 Å². The van der Waals surface area contributed by atoms with E-state index in [1.54, 1.807) is 24.5 Å². The number of pyridine rings is 2. The lowest BCUT2D eigenvalue weighted by molar-refractivity contribution is 0.0523. The zero-order valence-electron chi connectivity index (χ0n) is 21.6. The summed E-state index contributed by atoms with van der Waals surface area (Å²) in [5.41, 5.74) is 3.30. The monoisotopic (exact) mass is 500 g/mol. The van der Waals surface area contributed by atoms with Gasteiger partial charge in [0.15, 0.2) is 5.82 Å². The molecule has 2 aliphatic rings. The van der Waals surface area contributed by atoms with Crippen molar-refractivity contribution >= 4 is 29.3 Å². The first-order valence-corrected chi connectivity index (χ1v) is 12.4. The maximum absolute atomic E-state index is 13.6. The van der Waals surface area contributed by atoms with E-state index in [0.29, 0.717) is 18.1 Å². The lowest BCUT2D eigenvalue weighted by Gasteiger charge is -2.42. The van der Waals surface area contributed by atoms with Crippen LogP contribution in [0.2, 0.25) is 0 Å². The summed E-state index contributed by atoms with van der Waals surface area (Å²) in [6, 6.07) is 15.2. The predicted octanol–water partition coefficient (Wildman–Crippen LogP) is 5.19. The van der Waals surface area contributed by atoms with Crippen LogP contribution in [0.3, 0.4) is 0 Å². The first-order chi connectivity index (χ1) is 17.6. The highest BCUT2D eigenvalue weighted by molar-refractivity contribution is 6.05. The quantitative estimate of drug-likeness (QED) is 0.512. The second-order valence-electron chi connectivity index (χ2n) is 10.8. The topological polar surface area (TPSA) is 99.7 Å². The number of ether oxygens (including phenoxy) is 1. The molecule has 37 heavy (non-hydrogen) atoms. The maximum atomic E-state index is 13.6. The van der Waals surface area contributed by atoms with Gasteiger partial charge in [0.05, 0.1) is 16.9 Å². The van der Waals surface area contributed by atoms with Crippen molar-refractivity contribution in [2.75, 3.05) is 28.2 Å². The van der Waals surface area contributed by atoms with Gasteiger partial charge in [-0.05, 0) is 70.0 Å². The molecule has 0 radical (unpaired) electrons. The fourth-order valence-electron chi connectivity index (χ4n) is 4.89. The number of fused-ring (bicyclic) bond motifs is 4. The lowest BCUT2D eigenvalue weighted by atomic mass is 9.97. The molecule has 2 aliphatic heterocycles. The first-order valence-electron chi connectivity index (χ1n) is 12.4. The Morgan fingerprint density at radius 1 is 1.11 bits per heavy atom. The van der Waals surface area contributed by atoms with Crippen LogP contribution in [0.25, 0.3) is 11.3 Å². The van der Waals surface area contributed by atoms with E-state index in [9.17, 15) is 9.59 Å². The van der Waals surface area contributed by atoms with Crippen LogP contribution in [-0.4, -0.2) is 46.3 Å². The van der Waals surface area contributed by atoms with E-state index < -0.39 is 11.7 Å². The van der Waals surface area contributed by atoms with Gasteiger partial charge in [-0.1, -0.05) is 18.2 Å². The van der Waals surface area contributed by atoms with E-state index in [1.165, 1.54) is 0 Å². The second kappa shape index (κ2) is 9.38. The molecule has 0 spiro atoms. The number of alkyl carbamates (subject to hydrolysis) is 1. The molecular weight excluding hydrogens is 468 g/mol. The Hall–Kier alpha value is -4.14. The minimum atomic E-state index is -0.555. The van der Waals surface area contributed by atoms with Crippen LogP contribution in [0, 0.1) is 0 Å². The van der Waals surface area contributed by atoms with Gasteiger partial charge in [-0.15, -0.1) is 0 Å². The number of nitrogens with zero attached hydrogens (tertiary/aromatic N) is 4. The molecule has 3 aromatic rings. The Balaban J connectivity index is 1.42. The highest BCUT2D eigenvalue weighted by Crippen LogP contribution is 2.45. The molecule has 3 amide bonds. The molecule has 0 aliphatic carbocycles.